The van der Waals surface area contributed by atoms with E-state index in [-0.39, 0.29) is 35.7 Å². The lowest BCUT2D eigenvalue weighted by Crippen LogP contribution is -2.36. The number of nitrogens with two attached hydrogens (primary N) is 1. The molecule has 0 atom stereocenters. The molecule has 1 aromatic rings. The van der Waals surface area contributed by atoms with Gasteiger partial charge < -0.3 is 10.0 Å². The van der Waals surface area contributed by atoms with Crippen LogP contribution in [-0.4, -0.2) is 39.7 Å². The van der Waals surface area contributed by atoms with Crippen molar-refractivity contribution in [2.24, 2.45) is 11.8 Å². The van der Waals surface area contributed by atoms with Crippen LogP contribution < -0.4 is 16.2 Å². The molecule has 20 heavy (non-hydrogen) atoms. The Kier molecular flexibility index (Phi) is 4.30. The highest BCUT2D eigenvalue weighted by Crippen LogP contribution is 2.32. The zero-order valence-electron chi connectivity index (χ0n) is 11.2. The van der Waals surface area contributed by atoms with E-state index in [9.17, 15) is 10.1 Å². The zero-order chi connectivity index (χ0) is 14.7. The van der Waals surface area contributed by atoms with E-state index in [1.54, 1.807) is 6.92 Å². The fourth-order valence-electron chi connectivity index (χ4n) is 2.38. The number of hydrogen-bond acceptors (Lipinski definition) is 8. The third kappa shape index (κ3) is 2.78. The summed E-state index contributed by atoms with van der Waals surface area (Å²) >= 11 is 0. The third-order valence-electron chi connectivity index (χ3n) is 3.52. The average molecular weight is 282 g/mol. The van der Waals surface area contributed by atoms with Crippen molar-refractivity contribution >= 4 is 17.5 Å². The van der Waals surface area contributed by atoms with Crippen molar-refractivity contribution < 1.29 is 10.0 Å². The molecule has 0 spiro atoms. The number of aromatic nitrogens is 2. The average Bonchev–Trinajstić information content (AvgIpc) is 2.46. The summed E-state index contributed by atoms with van der Waals surface area (Å²) in [4.78, 5) is 20.7. The van der Waals surface area contributed by atoms with E-state index < -0.39 is 4.92 Å². The van der Waals surface area contributed by atoms with E-state index >= 15 is 0 Å². The summed E-state index contributed by atoms with van der Waals surface area (Å²) in [6.45, 7) is 2.94. The van der Waals surface area contributed by atoms with Crippen molar-refractivity contribution in [2.45, 2.75) is 19.8 Å². The minimum Gasteiger partial charge on any atom is -0.396 e. The first kappa shape index (κ1) is 14.4. The van der Waals surface area contributed by atoms with Gasteiger partial charge in [-0.1, -0.05) is 0 Å². The van der Waals surface area contributed by atoms with Gasteiger partial charge in [-0.25, -0.2) is 10.8 Å². The van der Waals surface area contributed by atoms with Gasteiger partial charge in [0.2, 0.25) is 11.8 Å². The summed E-state index contributed by atoms with van der Waals surface area (Å²) in [5, 5.41) is 20.4. The van der Waals surface area contributed by atoms with Crippen LogP contribution in [0.2, 0.25) is 0 Å². The number of aryl methyl sites for hydroxylation is 1. The molecule has 0 amide bonds. The molecule has 0 unspecified atom stereocenters. The minimum atomic E-state index is -0.469. The molecule has 9 nitrogen and oxygen atoms in total. The van der Waals surface area contributed by atoms with Gasteiger partial charge in [0.25, 0.3) is 0 Å². The Balaban J connectivity index is 2.34. The Morgan fingerprint density at radius 3 is 2.65 bits per heavy atom. The molecule has 4 N–H and O–H groups in total. The van der Waals surface area contributed by atoms with Gasteiger partial charge in [0, 0.05) is 19.7 Å². The maximum atomic E-state index is 11.2. The second kappa shape index (κ2) is 5.97. The maximum absolute atomic E-state index is 11.2. The van der Waals surface area contributed by atoms with Crippen LogP contribution >= 0.6 is 0 Å². The van der Waals surface area contributed by atoms with Gasteiger partial charge in [0.15, 0.2) is 0 Å². The Morgan fingerprint density at radius 2 is 2.15 bits per heavy atom. The number of piperidine rings is 1. The van der Waals surface area contributed by atoms with Crippen LogP contribution in [0, 0.1) is 23.0 Å². The van der Waals surface area contributed by atoms with Gasteiger partial charge in [-0.2, -0.15) is 4.98 Å². The number of aliphatic hydroxyl groups is 1. The molecule has 1 aromatic heterocycles. The number of rotatable bonds is 4. The molecule has 2 heterocycles. The summed E-state index contributed by atoms with van der Waals surface area (Å²) in [7, 11) is 0. The molecule has 1 fully saturated rings. The first-order valence-corrected chi connectivity index (χ1v) is 6.42. The standard InChI is InChI=1S/C11H18N6O3/c1-7-9(17(19)20)10(14-11(13-7)15-12)16-4-2-8(6-18)3-5-16/h8,18H,2-6,12H2,1H3,(H,13,14,15). The highest BCUT2D eigenvalue weighted by Gasteiger charge is 2.29. The summed E-state index contributed by atoms with van der Waals surface area (Å²) in [5.41, 5.74) is 2.51. The summed E-state index contributed by atoms with van der Waals surface area (Å²) in [5.74, 6) is 5.98. The van der Waals surface area contributed by atoms with Crippen LogP contribution in [0.25, 0.3) is 0 Å². The number of hydrazine groups is 1. The molecule has 0 aromatic carbocycles. The number of anilines is 2. The number of nitrogen functional groups attached to an aromatic ring is 1. The summed E-state index contributed by atoms with van der Waals surface area (Å²) in [6.07, 6.45) is 1.56. The Bertz CT molecular complexity index is 501. The number of nitro groups is 1. The quantitative estimate of drug-likeness (QED) is 0.405. The Morgan fingerprint density at radius 1 is 1.50 bits per heavy atom. The van der Waals surface area contributed by atoms with Crippen molar-refractivity contribution in [2.75, 3.05) is 30.0 Å². The Hall–Kier alpha value is -2.00. The lowest BCUT2D eigenvalue weighted by atomic mass is 9.98. The molecule has 0 bridgehead atoms. The lowest BCUT2D eigenvalue weighted by molar-refractivity contribution is -0.385. The molecular weight excluding hydrogens is 264 g/mol. The normalized spacial score (nSPS) is 16.2. The van der Waals surface area contributed by atoms with E-state index in [0.29, 0.717) is 13.1 Å². The number of nitrogens with zero attached hydrogens (tertiary/aromatic N) is 4. The minimum absolute atomic E-state index is 0.0913. The topological polar surface area (TPSA) is 130 Å². The van der Waals surface area contributed by atoms with E-state index in [2.05, 4.69) is 15.4 Å². The Labute approximate surface area is 115 Å². The molecule has 2 rings (SSSR count). The van der Waals surface area contributed by atoms with Gasteiger partial charge in [-0.05, 0) is 25.7 Å². The number of hydrogen-bond donors (Lipinski definition) is 3. The van der Waals surface area contributed by atoms with Gasteiger partial charge in [0.1, 0.15) is 5.69 Å². The third-order valence-corrected chi connectivity index (χ3v) is 3.52. The molecule has 1 aliphatic heterocycles. The molecule has 1 saturated heterocycles. The van der Waals surface area contributed by atoms with E-state index in [4.69, 9.17) is 10.9 Å². The summed E-state index contributed by atoms with van der Waals surface area (Å²) < 4.78 is 0. The smallest absolute Gasteiger partial charge is 0.332 e. The van der Waals surface area contributed by atoms with Crippen molar-refractivity contribution in [3.05, 3.63) is 15.8 Å². The van der Waals surface area contributed by atoms with Gasteiger partial charge in [0.05, 0.1) is 4.92 Å². The van der Waals surface area contributed by atoms with Crippen molar-refractivity contribution in [1.82, 2.24) is 9.97 Å². The largest absolute Gasteiger partial charge is 0.396 e. The van der Waals surface area contributed by atoms with E-state index in [0.717, 1.165) is 12.8 Å². The molecule has 110 valence electrons. The molecule has 0 aliphatic carbocycles. The van der Waals surface area contributed by atoms with E-state index in [1.165, 1.54) is 0 Å². The molecule has 1 aliphatic rings. The second-order valence-electron chi connectivity index (χ2n) is 4.82. The van der Waals surface area contributed by atoms with Crippen LogP contribution in [0.3, 0.4) is 0 Å². The van der Waals surface area contributed by atoms with Crippen LogP contribution in [0.1, 0.15) is 18.5 Å². The van der Waals surface area contributed by atoms with Gasteiger partial charge >= 0.3 is 5.69 Å². The van der Waals surface area contributed by atoms with Gasteiger partial charge in [-0.3, -0.25) is 15.5 Å². The van der Waals surface area contributed by atoms with Crippen LogP contribution in [0.4, 0.5) is 17.5 Å². The van der Waals surface area contributed by atoms with Crippen LogP contribution in [0.15, 0.2) is 0 Å². The highest BCUT2D eigenvalue weighted by molar-refractivity contribution is 5.62. The van der Waals surface area contributed by atoms with Gasteiger partial charge in [-0.15, -0.1) is 0 Å². The zero-order valence-corrected chi connectivity index (χ0v) is 11.2. The van der Waals surface area contributed by atoms with E-state index in [1.807, 2.05) is 4.90 Å². The summed E-state index contributed by atoms with van der Waals surface area (Å²) in [6, 6.07) is 0. The first-order chi connectivity index (χ1) is 9.56. The molecule has 0 radical (unpaired) electrons. The SMILES string of the molecule is Cc1nc(NN)nc(N2CCC(CO)CC2)c1[N+](=O)[O-]. The predicted octanol–water partition coefficient (Wildman–Crippen LogP) is 0.188. The van der Waals surface area contributed by atoms with Crippen molar-refractivity contribution in [3.8, 4) is 0 Å². The molecular formula is C11H18N6O3. The molecule has 0 saturated carbocycles. The maximum Gasteiger partial charge on any atom is 0.332 e. The van der Waals surface area contributed by atoms with Crippen molar-refractivity contribution in [3.63, 3.8) is 0 Å². The first-order valence-electron chi connectivity index (χ1n) is 6.42. The lowest BCUT2D eigenvalue weighted by Gasteiger charge is -2.31. The number of aliphatic hydroxyl groups excluding tert-OH is 1. The highest BCUT2D eigenvalue weighted by atomic mass is 16.6. The fraction of sp³-hybridized carbons (Fsp3) is 0.636. The van der Waals surface area contributed by atoms with Crippen LogP contribution in [0.5, 0.6) is 0 Å². The molecule has 9 heteroatoms. The predicted molar refractivity (Wildman–Crippen MR) is 73.3 cm³/mol. The monoisotopic (exact) mass is 282 g/mol. The number of nitrogens with one attached hydrogen (secondary N) is 1. The second-order valence-corrected chi connectivity index (χ2v) is 4.82. The van der Waals surface area contributed by atoms with Crippen LogP contribution in [-0.2, 0) is 0 Å². The fourth-order valence-corrected chi connectivity index (χ4v) is 2.38. The van der Waals surface area contributed by atoms with Crippen molar-refractivity contribution in [1.29, 1.82) is 0 Å².